The van der Waals surface area contributed by atoms with Gasteiger partial charge in [0, 0.05) is 16.9 Å². The van der Waals surface area contributed by atoms with Crippen LogP contribution in [-0.4, -0.2) is 11.3 Å². The Balaban J connectivity index is 1.90. The topological polar surface area (TPSA) is 32.3 Å². The first-order valence-corrected chi connectivity index (χ1v) is 7.18. The summed E-state index contributed by atoms with van der Waals surface area (Å²) in [6.07, 6.45) is 0.0566. The highest BCUT2D eigenvalue weighted by Gasteiger charge is 2.10. The molecule has 0 aliphatic carbocycles. The first-order chi connectivity index (χ1) is 9.15. The van der Waals surface area contributed by atoms with Crippen molar-refractivity contribution in [2.24, 2.45) is 0 Å². The number of nitrogens with one attached hydrogen (secondary N) is 1. The van der Waals surface area contributed by atoms with Crippen molar-refractivity contribution in [2.75, 3.05) is 0 Å². The lowest BCUT2D eigenvalue weighted by Gasteiger charge is -2.19. The monoisotopic (exact) mass is 319 g/mol. The molecule has 0 saturated carbocycles. The summed E-state index contributed by atoms with van der Waals surface area (Å²) >= 11 is 3.40. The van der Waals surface area contributed by atoms with Gasteiger partial charge in [-0.15, -0.1) is 0 Å². The molecule has 3 heteroatoms. The Morgan fingerprint density at radius 2 is 1.68 bits per heavy atom. The molecule has 0 aliphatic heterocycles. The maximum Gasteiger partial charge on any atom is 0.109 e. The van der Waals surface area contributed by atoms with Crippen LogP contribution in [0.2, 0.25) is 0 Å². The highest BCUT2D eigenvalue weighted by molar-refractivity contribution is 9.10. The number of rotatable bonds is 5. The molecular weight excluding hydrogens is 302 g/mol. The van der Waals surface area contributed by atoms with Crippen molar-refractivity contribution >= 4 is 15.9 Å². The molecule has 19 heavy (non-hydrogen) atoms. The van der Waals surface area contributed by atoms with Crippen molar-refractivity contribution < 1.29 is 5.11 Å². The molecule has 2 N–H and O–H groups in total. The average molecular weight is 320 g/mol. The van der Waals surface area contributed by atoms with E-state index in [2.05, 4.69) is 40.3 Å². The van der Waals surface area contributed by atoms with Crippen LogP contribution in [0.25, 0.3) is 0 Å². The third kappa shape index (κ3) is 4.46. The van der Waals surface area contributed by atoms with E-state index in [1.54, 1.807) is 0 Å². The van der Waals surface area contributed by atoms with Gasteiger partial charge in [-0.2, -0.15) is 0 Å². The number of aliphatic hydroxyl groups is 1. The van der Waals surface area contributed by atoms with Crippen LogP contribution in [-0.2, 0) is 6.42 Å². The maximum absolute atomic E-state index is 10.1. The molecule has 0 radical (unpaired) electrons. The quantitative estimate of drug-likeness (QED) is 0.824. The summed E-state index contributed by atoms with van der Waals surface area (Å²) in [6.45, 7) is 2.06. The first-order valence-electron chi connectivity index (χ1n) is 6.38. The summed E-state index contributed by atoms with van der Waals surface area (Å²) in [5.74, 6) is 0. The predicted molar refractivity (Wildman–Crippen MR) is 81.8 cm³/mol. The van der Waals surface area contributed by atoms with Gasteiger partial charge in [-0.1, -0.05) is 58.4 Å². The predicted octanol–water partition coefficient (Wildman–Crippen LogP) is 3.66. The van der Waals surface area contributed by atoms with E-state index in [4.69, 9.17) is 0 Å². The van der Waals surface area contributed by atoms with Crippen molar-refractivity contribution in [3.8, 4) is 0 Å². The molecule has 0 spiro atoms. The zero-order valence-corrected chi connectivity index (χ0v) is 12.5. The molecule has 0 amide bonds. The van der Waals surface area contributed by atoms with E-state index in [0.29, 0.717) is 6.42 Å². The Labute approximate surface area is 122 Å². The van der Waals surface area contributed by atoms with Gasteiger partial charge in [0.2, 0.25) is 0 Å². The van der Waals surface area contributed by atoms with Gasteiger partial charge in [0.15, 0.2) is 0 Å². The summed E-state index contributed by atoms with van der Waals surface area (Å²) in [5.41, 5.74) is 2.29. The lowest BCUT2D eigenvalue weighted by Crippen LogP contribution is -2.33. The van der Waals surface area contributed by atoms with E-state index in [-0.39, 0.29) is 6.04 Å². The molecular formula is C16H18BrNO. The van der Waals surface area contributed by atoms with E-state index in [1.165, 1.54) is 5.56 Å². The van der Waals surface area contributed by atoms with E-state index < -0.39 is 6.23 Å². The second-order valence-electron chi connectivity index (χ2n) is 4.65. The van der Waals surface area contributed by atoms with Gasteiger partial charge in [-0.25, -0.2) is 0 Å². The molecule has 0 heterocycles. The number of benzene rings is 2. The van der Waals surface area contributed by atoms with Crippen LogP contribution in [0.15, 0.2) is 59.1 Å². The van der Waals surface area contributed by atoms with Gasteiger partial charge in [0.25, 0.3) is 0 Å². The first kappa shape index (κ1) is 14.3. The molecule has 0 bridgehead atoms. The normalized spacial score (nSPS) is 14.1. The smallest absolute Gasteiger partial charge is 0.109 e. The molecule has 2 nitrogen and oxygen atoms in total. The fourth-order valence-corrected chi connectivity index (χ4v) is 2.29. The van der Waals surface area contributed by atoms with E-state index in [0.717, 1.165) is 10.0 Å². The zero-order valence-electron chi connectivity index (χ0n) is 10.9. The van der Waals surface area contributed by atoms with E-state index in [9.17, 15) is 5.11 Å². The molecule has 0 aromatic heterocycles. The van der Waals surface area contributed by atoms with Gasteiger partial charge >= 0.3 is 0 Å². The molecule has 2 aromatic carbocycles. The molecule has 0 aliphatic rings. The van der Waals surface area contributed by atoms with Crippen LogP contribution in [0.3, 0.4) is 0 Å². The third-order valence-corrected chi connectivity index (χ3v) is 3.61. The Bertz CT molecular complexity index is 498. The van der Waals surface area contributed by atoms with Gasteiger partial charge in [0.05, 0.1) is 0 Å². The Morgan fingerprint density at radius 3 is 2.32 bits per heavy atom. The average Bonchev–Trinajstić information content (AvgIpc) is 2.42. The van der Waals surface area contributed by atoms with Crippen molar-refractivity contribution in [1.82, 2.24) is 5.32 Å². The number of halogens is 1. The fraction of sp³-hybridized carbons (Fsp3) is 0.250. The minimum atomic E-state index is -0.545. The Kier molecular flexibility index (Phi) is 5.14. The lowest BCUT2D eigenvalue weighted by atomic mass is 10.1. The van der Waals surface area contributed by atoms with Crippen LogP contribution in [0.1, 0.15) is 24.1 Å². The van der Waals surface area contributed by atoms with Crippen LogP contribution in [0.5, 0.6) is 0 Å². The minimum Gasteiger partial charge on any atom is -0.378 e. The zero-order chi connectivity index (χ0) is 13.7. The summed E-state index contributed by atoms with van der Waals surface area (Å²) in [5, 5.41) is 13.3. The fourth-order valence-electron chi connectivity index (χ4n) is 2.03. The number of aliphatic hydroxyl groups excluding tert-OH is 1. The summed E-state index contributed by atoms with van der Waals surface area (Å²) in [6, 6.07) is 18.3. The summed E-state index contributed by atoms with van der Waals surface area (Å²) in [7, 11) is 0. The van der Waals surface area contributed by atoms with Crippen molar-refractivity contribution in [2.45, 2.75) is 25.6 Å². The van der Waals surface area contributed by atoms with E-state index in [1.807, 2.05) is 42.5 Å². The van der Waals surface area contributed by atoms with Crippen molar-refractivity contribution in [3.05, 3.63) is 70.2 Å². The lowest BCUT2D eigenvalue weighted by molar-refractivity contribution is 0.125. The van der Waals surface area contributed by atoms with Crippen LogP contribution >= 0.6 is 15.9 Å². The minimum absolute atomic E-state index is 0.131. The SMILES string of the molecule is CC(NC(O)Cc1ccc(Br)cc1)c1ccccc1. The Hall–Kier alpha value is -1.16. The van der Waals surface area contributed by atoms with Crippen LogP contribution in [0.4, 0.5) is 0 Å². The second-order valence-corrected chi connectivity index (χ2v) is 5.56. The van der Waals surface area contributed by atoms with Crippen LogP contribution in [0, 0.1) is 0 Å². The molecule has 0 fully saturated rings. The third-order valence-electron chi connectivity index (χ3n) is 3.08. The summed E-state index contributed by atoms with van der Waals surface area (Å²) in [4.78, 5) is 0. The maximum atomic E-state index is 10.1. The van der Waals surface area contributed by atoms with E-state index >= 15 is 0 Å². The van der Waals surface area contributed by atoms with Gasteiger partial charge in [0.1, 0.15) is 6.23 Å². The van der Waals surface area contributed by atoms with Crippen molar-refractivity contribution in [3.63, 3.8) is 0 Å². The number of hydrogen-bond donors (Lipinski definition) is 2. The number of hydrogen-bond acceptors (Lipinski definition) is 2. The largest absolute Gasteiger partial charge is 0.378 e. The van der Waals surface area contributed by atoms with Gasteiger partial charge < -0.3 is 5.11 Å². The molecule has 2 unspecified atom stereocenters. The van der Waals surface area contributed by atoms with Gasteiger partial charge in [-0.3, -0.25) is 5.32 Å². The standard InChI is InChI=1S/C16H18BrNO/c1-12(14-5-3-2-4-6-14)18-16(19)11-13-7-9-15(17)10-8-13/h2-10,12,16,18-19H,11H2,1H3. The molecule has 2 aromatic rings. The second kappa shape index (κ2) is 6.85. The van der Waals surface area contributed by atoms with Crippen molar-refractivity contribution in [1.29, 1.82) is 0 Å². The molecule has 2 atom stereocenters. The highest BCUT2D eigenvalue weighted by atomic mass is 79.9. The highest BCUT2D eigenvalue weighted by Crippen LogP contribution is 2.14. The molecule has 2 rings (SSSR count). The Morgan fingerprint density at radius 1 is 1.05 bits per heavy atom. The summed E-state index contributed by atoms with van der Waals surface area (Å²) < 4.78 is 1.05. The molecule has 100 valence electrons. The molecule has 0 saturated heterocycles. The van der Waals surface area contributed by atoms with Gasteiger partial charge in [-0.05, 0) is 30.2 Å². The van der Waals surface area contributed by atoms with Crippen LogP contribution < -0.4 is 5.32 Å².